The average Bonchev–Trinajstić information content (AvgIpc) is 2.24. The van der Waals surface area contributed by atoms with Gasteiger partial charge in [-0.05, 0) is 41.1 Å². The molecular weight excluding hydrogens is 256 g/mol. The Hall–Kier alpha value is -0.640. The second-order valence-electron chi connectivity index (χ2n) is 4.09. The van der Waals surface area contributed by atoms with Crippen molar-refractivity contribution in [1.82, 2.24) is 9.97 Å². The number of halogens is 1. The molecule has 3 nitrogen and oxygen atoms in total. The SMILES string of the molecule is CC1CCCCC1Oc1ncncc1Br. The van der Waals surface area contributed by atoms with E-state index in [1.807, 2.05) is 0 Å². The van der Waals surface area contributed by atoms with Crippen molar-refractivity contribution in [2.24, 2.45) is 5.92 Å². The van der Waals surface area contributed by atoms with Gasteiger partial charge in [-0.2, -0.15) is 0 Å². The van der Waals surface area contributed by atoms with Gasteiger partial charge in [0.25, 0.3) is 0 Å². The van der Waals surface area contributed by atoms with Crippen LogP contribution in [0.5, 0.6) is 5.88 Å². The lowest BCUT2D eigenvalue weighted by molar-refractivity contribution is 0.0965. The fourth-order valence-corrected chi connectivity index (χ4v) is 2.30. The molecule has 0 bridgehead atoms. The second kappa shape index (κ2) is 4.92. The second-order valence-corrected chi connectivity index (χ2v) is 4.95. The molecule has 0 radical (unpaired) electrons. The van der Waals surface area contributed by atoms with E-state index < -0.39 is 0 Å². The molecule has 0 saturated heterocycles. The van der Waals surface area contributed by atoms with E-state index in [4.69, 9.17) is 4.74 Å². The van der Waals surface area contributed by atoms with Crippen LogP contribution in [0.1, 0.15) is 32.6 Å². The molecule has 4 heteroatoms. The van der Waals surface area contributed by atoms with Crippen molar-refractivity contribution in [2.75, 3.05) is 0 Å². The number of nitrogens with zero attached hydrogens (tertiary/aromatic N) is 2. The highest BCUT2D eigenvalue weighted by Crippen LogP contribution is 2.29. The van der Waals surface area contributed by atoms with Crippen LogP contribution in [-0.2, 0) is 0 Å². The van der Waals surface area contributed by atoms with Gasteiger partial charge in [0, 0.05) is 6.20 Å². The minimum absolute atomic E-state index is 0.310. The Balaban J connectivity index is 2.04. The first kappa shape index (κ1) is 10.9. The summed E-state index contributed by atoms with van der Waals surface area (Å²) in [6.45, 7) is 2.25. The summed E-state index contributed by atoms with van der Waals surface area (Å²) < 4.78 is 6.74. The van der Waals surface area contributed by atoms with Gasteiger partial charge in [0.1, 0.15) is 12.4 Å². The maximum atomic E-state index is 5.90. The molecule has 1 aromatic heterocycles. The van der Waals surface area contributed by atoms with Crippen molar-refractivity contribution >= 4 is 15.9 Å². The first-order chi connectivity index (χ1) is 7.27. The first-order valence-electron chi connectivity index (χ1n) is 5.39. The number of rotatable bonds is 2. The van der Waals surface area contributed by atoms with E-state index in [0.29, 0.717) is 17.9 Å². The van der Waals surface area contributed by atoms with Crippen LogP contribution in [0.15, 0.2) is 17.0 Å². The zero-order valence-corrected chi connectivity index (χ0v) is 10.4. The summed E-state index contributed by atoms with van der Waals surface area (Å²) in [6, 6.07) is 0. The minimum atomic E-state index is 0.310. The molecule has 1 heterocycles. The summed E-state index contributed by atoms with van der Waals surface area (Å²) in [5.74, 6) is 1.30. The zero-order valence-electron chi connectivity index (χ0n) is 8.82. The lowest BCUT2D eigenvalue weighted by Crippen LogP contribution is -2.28. The van der Waals surface area contributed by atoms with Gasteiger partial charge in [0.05, 0.1) is 4.47 Å². The molecule has 0 N–H and O–H groups in total. The lowest BCUT2D eigenvalue weighted by Gasteiger charge is -2.28. The first-order valence-corrected chi connectivity index (χ1v) is 6.19. The fourth-order valence-electron chi connectivity index (χ4n) is 1.99. The van der Waals surface area contributed by atoms with Gasteiger partial charge in [0.15, 0.2) is 0 Å². The molecule has 2 unspecified atom stereocenters. The third kappa shape index (κ3) is 2.68. The van der Waals surface area contributed by atoms with Gasteiger partial charge in [-0.3, -0.25) is 0 Å². The molecule has 0 spiro atoms. The summed E-state index contributed by atoms with van der Waals surface area (Å²) in [4.78, 5) is 8.05. The van der Waals surface area contributed by atoms with E-state index in [0.717, 1.165) is 10.9 Å². The van der Waals surface area contributed by atoms with E-state index in [9.17, 15) is 0 Å². The van der Waals surface area contributed by atoms with Crippen LogP contribution in [-0.4, -0.2) is 16.1 Å². The molecule has 1 saturated carbocycles. The number of ether oxygens (including phenoxy) is 1. The average molecular weight is 271 g/mol. The van der Waals surface area contributed by atoms with Crippen molar-refractivity contribution in [3.63, 3.8) is 0 Å². The Morgan fingerprint density at radius 3 is 2.93 bits per heavy atom. The van der Waals surface area contributed by atoms with E-state index >= 15 is 0 Å². The molecule has 2 rings (SSSR count). The van der Waals surface area contributed by atoms with Crippen molar-refractivity contribution in [1.29, 1.82) is 0 Å². The van der Waals surface area contributed by atoms with Crippen molar-refractivity contribution < 1.29 is 4.74 Å². The molecular formula is C11H15BrN2O. The molecule has 2 atom stereocenters. The Labute approximate surface area is 98.4 Å². The molecule has 1 aromatic rings. The van der Waals surface area contributed by atoms with Crippen molar-refractivity contribution in [3.05, 3.63) is 17.0 Å². The molecule has 0 aliphatic heterocycles. The molecule has 82 valence electrons. The van der Waals surface area contributed by atoms with Crippen molar-refractivity contribution in [2.45, 2.75) is 38.7 Å². The largest absolute Gasteiger partial charge is 0.473 e. The smallest absolute Gasteiger partial charge is 0.231 e. The van der Waals surface area contributed by atoms with Gasteiger partial charge >= 0.3 is 0 Å². The van der Waals surface area contributed by atoms with Crippen molar-refractivity contribution in [3.8, 4) is 5.88 Å². The van der Waals surface area contributed by atoms with Crippen LogP contribution in [0.4, 0.5) is 0 Å². The van der Waals surface area contributed by atoms with E-state index in [-0.39, 0.29) is 0 Å². The van der Waals surface area contributed by atoms with Gasteiger partial charge in [0.2, 0.25) is 5.88 Å². The molecule has 0 amide bonds. The lowest BCUT2D eigenvalue weighted by atomic mass is 9.88. The maximum Gasteiger partial charge on any atom is 0.231 e. The summed E-state index contributed by atoms with van der Waals surface area (Å²) in [5.41, 5.74) is 0. The summed E-state index contributed by atoms with van der Waals surface area (Å²) in [5, 5.41) is 0. The maximum absolute atomic E-state index is 5.90. The highest BCUT2D eigenvalue weighted by molar-refractivity contribution is 9.10. The van der Waals surface area contributed by atoms with E-state index in [1.165, 1.54) is 25.6 Å². The number of hydrogen-bond donors (Lipinski definition) is 0. The molecule has 1 aliphatic carbocycles. The summed E-state index contributed by atoms with van der Waals surface area (Å²) in [6.07, 6.45) is 8.53. The summed E-state index contributed by atoms with van der Waals surface area (Å²) in [7, 11) is 0. The molecule has 0 aromatic carbocycles. The normalized spacial score (nSPS) is 26.3. The third-order valence-electron chi connectivity index (χ3n) is 2.93. The Morgan fingerprint density at radius 2 is 2.20 bits per heavy atom. The standard InChI is InChI=1S/C11H15BrN2O/c1-8-4-2-3-5-10(8)15-11-9(12)6-13-7-14-11/h6-8,10H,2-5H2,1H3. The van der Waals surface area contributed by atoms with Crippen LogP contribution in [0.2, 0.25) is 0 Å². The fraction of sp³-hybridized carbons (Fsp3) is 0.636. The number of hydrogen-bond acceptors (Lipinski definition) is 3. The Morgan fingerprint density at radius 1 is 1.40 bits per heavy atom. The van der Waals surface area contributed by atoms with Crippen LogP contribution >= 0.6 is 15.9 Å². The highest BCUT2D eigenvalue weighted by atomic mass is 79.9. The summed E-state index contributed by atoms with van der Waals surface area (Å²) >= 11 is 3.39. The molecule has 15 heavy (non-hydrogen) atoms. The van der Waals surface area contributed by atoms with Crippen LogP contribution in [0.25, 0.3) is 0 Å². The Kier molecular flexibility index (Phi) is 3.57. The molecule has 1 aliphatic rings. The molecule has 1 fully saturated rings. The van der Waals surface area contributed by atoms with Crippen LogP contribution in [0, 0.1) is 5.92 Å². The number of aromatic nitrogens is 2. The van der Waals surface area contributed by atoms with Gasteiger partial charge in [-0.15, -0.1) is 0 Å². The highest BCUT2D eigenvalue weighted by Gasteiger charge is 2.23. The monoisotopic (exact) mass is 270 g/mol. The van der Waals surface area contributed by atoms with Crippen LogP contribution < -0.4 is 4.74 Å². The van der Waals surface area contributed by atoms with E-state index in [1.54, 1.807) is 6.20 Å². The quantitative estimate of drug-likeness (QED) is 0.828. The minimum Gasteiger partial charge on any atom is -0.473 e. The third-order valence-corrected chi connectivity index (χ3v) is 3.47. The Bertz CT molecular complexity index is 332. The zero-order chi connectivity index (χ0) is 10.7. The topological polar surface area (TPSA) is 35.0 Å². The van der Waals surface area contributed by atoms with Gasteiger partial charge < -0.3 is 4.74 Å². The van der Waals surface area contributed by atoms with Gasteiger partial charge in [-0.1, -0.05) is 13.3 Å². The van der Waals surface area contributed by atoms with Crippen LogP contribution in [0.3, 0.4) is 0 Å². The predicted molar refractivity (Wildman–Crippen MR) is 61.8 cm³/mol. The van der Waals surface area contributed by atoms with E-state index in [2.05, 4.69) is 32.8 Å². The van der Waals surface area contributed by atoms with Gasteiger partial charge in [-0.25, -0.2) is 9.97 Å². The predicted octanol–water partition coefficient (Wildman–Crippen LogP) is 3.20.